The molecule has 0 fully saturated rings. The fourth-order valence-electron chi connectivity index (χ4n) is 3.82. The fraction of sp³-hybridized carbons (Fsp3) is 0.174. The van der Waals surface area contributed by atoms with Crippen molar-refractivity contribution in [2.24, 2.45) is 0 Å². The standard InChI is InChI=1S/C23H18BrClN2O4/c24-20-13-19(27(29)30)12-17-9-10-21(16-7-4-8-18(25)11-16)26(22(17)20)23(28)31-14-15-5-2-1-3-6-15/h1-8,11-13,21H,9-10,14H2. The van der Waals surface area contributed by atoms with E-state index < -0.39 is 11.0 Å². The zero-order chi connectivity index (χ0) is 22.0. The van der Waals surface area contributed by atoms with E-state index >= 15 is 0 Å². The number of nitrogens with zero attached hydrogens (tertiary/aromatic N) is 2. The number of hydrogen-bond acceptors (Lipinski definition) is 4. The van der Waals surface area contributed by atoms with Crippen LogP contribution in [0.25, 0.3) is 0 Å². The predicted molar refractivity (Wildman–Crippen MR) is 122 cm³/mol. The molecule has 0 radical (unpaired) electrons. The number of carbonyl (C=O) groups is 1. The van der Waals surface area contributed by atoms with Crippen LogP contribution in [0.2, 0.25) is 5.02 Å². The van der Waals surface area contributed by atoms with Crippen LogP contribution in [0.3, 0.4) is 0 Å². The molecule has 0 aromatic heterocycles. The highest BCUT2D eigenvalue weighted by Gasteiger charge is 2.36. The lowest BCUT2D eigenvalue weighted by atomic mass is 9.91. The Bertz CT molecular complexity index is 1140. The number of anilines is 1. The molecule has 1 aliphatic heterocycles. The summed E-state index contributed by atoms with van der Waals surface area (Å²) in [6.07, 6.45) is 0.640. The van der Waals surface area contributed by atoms with Crippen LogP contribution in [-0.2, 0) is 17.8 Å². The number of non-ortho nitro benzene ring substituents is 1. The van der Waals surface area contributed by atoms with Crippen LogP contribution in [0.15, 0.2) is 71.2 Å². The molecule has 0 bridgehead atoms. The third kappa shape index (κ3) is 4.57. The summed E-state index contributed by atoms with van der Waals surface area (Å²) in [6.45, 7) is 0.123. The van der Waals surface area contributed by atoms with Gasteiger partial charge in [-0.1, -0.05) is 54.1 Å². The number of nitro benzene ring substituents is 1. The minimum absolute atomic E-state index is 0.0237. The Labute approximate surface area is 192 Å². The average molecular weight is 502 g/mol. The maximum Gasteiger partial charge on any atom is 0.415 e. The summed E-state index contributed by atoms with van der Waals surface area (Å²) in [5.74, 6) is 0. The molecule has 1 unspecified atom stereocenters. The maximum absolute atomic E-state index is 13.3. The van der Waals surface area contributed by atoms with Gasteiger partial charge in [-0.2, -0.15) is 0 Å². The van der Waals surface area contributed by atoms with E-state index in [0.717, 1.165) is 16.7 Å². The zero-order valence-electron chi connectivity index (χ0n) is 16.3. The first-order valence-corrected chi connectivity index (χ1v) is 10.8. The molecule has 158 valence electrons. The van der Waals surface area contributed by atoms with E-state index in [0.29, 0.717) is 28.0 Å². The van der Waals surface area contributed by atoms with E-state index in [-0.39, 0.29) is 18.3 Å². The number of hydrogen-bond donors (Lipinski definition) is 0. The zero-order valence-corrected chi connectivity index (χ0v) is 18.7. The van der Waals surface area contributed by atoms with Gasteiger partial charge in [0.05, 0.1) is 16.7 Å². The molecular formula is C23H18BrClN2O4. The lowest BCUT2D eigenvalue weighted by Crippen LogP contribution is -2.39. The molecule has 8 heteroatoms. The molecule has 1 aliphatic rings. The topological polar surface area (TPSA) is 72.7 Å². The summed E-state index contributed by atoms with van der Waals surface area (Å²) >= 11 is 9.64. The first-order chi connectivity index (χ1) is 14.9. The van der Waals surface area contributed by atoms with E-state index in [1.54, 1.807) is 11.0 Å². The predicted octanol–water partition coefficient (Wildman–Crippen LogP) is 6.84. The van der Waals surface area contributed by atoms with Crippen LogP contribution < -0.4 is 4.90 Å². The van der Waals surface area contributed by atoms with Crippen molar-refractivity contribution in [1.29, 1.82) is 0 Å². The SMILES string of the molecule is O=C(OCc1ccccc1)N1c2c(Br)cc([N+](=O)[O-])cc2CCC1c1cccc(Cl)c1. The molecule has 1 amide bonds. The van der Waals surface area contributed by atoms with Crippen molar-refractivity contribution in [1.82, 2.24) is 0 Å². The summed E-state index contributed by atoms with van der Waals surface area (Å²) < 4.78 is 6.11. The summed E-state index contributed by atoms with van der Waals surface area (Å²) in [4.78, 5) is 25.7. The Balaban J connectivity index is 1.73. The number of fused-ring (bicyclic) bond motifs is 1. The highest BCUT2D eigenvalue weighted by Crippen LogP contribution is 2.45. The number of halogens is 2. The Morgan fingerprint density at radius 2 is 1.94 bits per heavy atom. The molecule has 31 heavy (non-hydrogen) atoms. The van der Waals surface area contributed by atoms with Gasteiger partial charge in [0.15, 0.2) is 0 Å². The monoisotopic (exact) mass is 500 g/mol. The number of aryl methyl sites for hydroxylation is 1. The van der Waals surface area contributed by atoms with Gasteiger partial charge in [-0.3, -0.25) is 15.0 Å². The number of ether oxygens (including phenoxy) is 1. The number of benzene rings is 3. The van der Waals surface area contributed by atoms with E-state index in [2.05, 4.69) is 15.9 Å². The Hall–Kier alpha value is -2.90. The van der Waals surface area contributed by atoms with Gasteiger partial charge < -0.3 is 4.74 Å². The molecule has 0 spiro atoms. The van der Waals surface area contributed by atoms with Gasteiger partial charge >= 0.3 is 6.09 Å². The minimum Gasteiger partial charge on any atom is -0.444 e. The van der Waals surface area contributed by atoms with Crippen LogP contribution in [0.1, 0.15) is 29.2 Å². The smallest absolute Gasteiger partial charge is 0.415 e. The van der Waals surface area contributed by atoms with Gasteiger partial charge in [-0.05, 0) is 57.6 Å². The second kappa shape index (κ2) is 9.08. The van der Waals surface area contributed by atoms with Crippen molar-refractivity contribution < 1.29 is 14.5 Å². The van der Waals surface area contributed by atoms with Crippen molar-refractivity contribution >= 4 is 45.0 Å². The van der Waals surface area contributed by atoms with E-state index in [9.17, 15) is 14.9 Å². The highest BCUT2D eigenvalue weighted by atomic mass is 79.9. The molecule has 4 rings (SSSR count). The van der Waals surface area contributed by atoms with E-state index in [1.807, 2.05) is 48.5 Å². The normalized spacial score (nSPS) is 15.3. The van der Waals surface area contributed by atoms with Crippen molar-refractivity contribution in [3.63, 3.8) is 0 Å². The number of rotatable bonds is 4. The van der Waals surface area contributed by atoms with E-state index in [4.69, 9.17) is 16.3 Å². The summed E-state index contributed by atoms with van der Waals surface area (Å²) in [5.41, 5.74) is 3.02. The van der Waals surface area contributed by atoms with Crippen molar-refractivity contribution in [3.8, 4) is 0 Å². The average Bonchev–Trinajstić information content (AvgIpc) is 2.77. The van der Waals surface area contributed by atoms with Gasteiger partial charge in [0.2, 0.25) is 0 Å². The summed E-state index contributed by atoms with van der Waals surface area (Å²) in [6, 6.07) is 19.4. The van der Waals surface area contributed by atoms with Gasteiger partial charge in [0, 0.05) is 21.6 Å². The largest absolute Gasteiger partial charge is 0.444 e. The van der Waals surface area contributed by atoms with E-state index in [1.165, 1.54) is 12.1 Å². The lowest BCUT2D eigenvalue weighted by molar-refractivity contribution is -0.385. The molecule has 1 heterocycles. The number of amides is 1. The third-order valence-corrected chi connectivity index (χ3v) is 6.05. The fourth-order valence-corrected chi connectivity index (χ4v) is 4.70. The number of carbonyl (C=O) groups excluding carboxylic acids is 1. The lowest BCUT2D eigenvalue weighted by Gasteiger charge is -2.37. The Morgan fingerprint density at radius 3 is 2.65 bits per heavy atom. The molecule has 0 saturated heterocycles. The third-order valence-electron chi connectivity index (χ3n) is 5.21. The minimum atomic E-state index is -0.524. The molecule has 6 nitrogen and oxygen atoms in total. The summed E-state index contributed by atoms with van der Waals surface area (Å²) in [5, 5.41) is 11.9. The molecule has 1 atom stereocenters. The number of nitro groups is 1. The molecule has 0 saturated carbocycles. The Morgan fingerprint density at radius 1 is 1.16 bits per heavy atom. The highest BCUT2D eigenvalue weighted by molar-refractivity contribution is 9.10. The quantitative estimate of drug-likeness (QED) is 0.290. The van der Waals surface area contributed by atoms with Gasteiger partial charge in [0.1, 0.15) is 6.61 Å². The molecule has 3 aromatic carbocycles. The van der Waals surface area contributed by atoms with Crippen LogP contribution >= 0.6 is 27.5 Å². The second-order valence-electron chi connectivity index (χ2n) is 7.21. The molecule has 0 N–H and O–H groups in total. The van der Waals surface area contributed by atoms with Crippen LogP contribution in [0.5, 0.6) is 0 Å². The first-order valence-electron chi connectivity index (χ1n) is 9.66. The Kier molecular flexibility index (Phi) is 6.25. The van der Waals surface area contributed by atoms with Gasteiger partial charge in [-0.15, -0.1) is 0 Å². The summed E-state index contributed by atoms with van der Waals surface area (Å²) in [7, 11) is 0. The van der Waals surface area contributed by atoms with Crippen LogP contribution in [0.4, 0.5) is 16.2 Å². The molecule has 3 aromatic rings. The first kappa shape index (κ1) is 21.3. The van der Waals surface area contributed by atoms with Crippen molar-refractivity contribution in [3.05, 3.63) is 103 Å². The van der Waals surface area contributed by atoms with Crippen LogP contribution in [0, 0.1) is 10.1 Å². The van der Waals surface area contributed by atoms with Crippen molar-refractivity contribution in [2.75, 3.05) is 4.90 Å². The molecular weight excluding hydrogens is 484 g/mol. The van der Waals surface area contributed by atoms with Crippen molar-refractivity contribution in [2.45, 2.75) is 25.5 Å². The maximum atomic E-state index is 13.3. The molecule has 0 aliphatic carbocycles. The van der Waals surface area contributed by atoms with Gasteiger partial charge in [-0.25, -0.2) is 4.79 Å². The van der Waals surface area contributed by atoms with Crippen LogP contribution in [-0.4, -0.2) is 11.0 Å². The second-order valence-corrected chi connectivity index (χ2v) is 8.50. The van der Waals surface area contributed by atoms with Gasteiger partial charge in [0.25, 0.3) is 5.69 Å².